The summed E-state index contributed by atoms with van der Waals surface area (Å²) < 4.78 is 5.63. The average Bonchev–Trinajstić information content (AvgIpc) is 2.73. The Bertz CT molecular complexity index is 983. The minimum Gasteiger partial charge on any atom is -0.491 e. The van der Waals surface area contributed by atoms with Crippen molar-refractivity contribution < 1.29 is 14.3 Å². The second-order valence-electron chi connectivity index (χ2n) is 6.93. The van der Waals surface area contributed by atoms with Crippen molar-refractivity contribution in [3.8, 4) is 5.75 Å². The van der Waals surface area contributed by atoms with Gasteiger partial charge >= 0.3 is 0 Å². The van der Waals surface area contributed by atoms with Crippen LogP contribution in [0, 0.1) is 0 Å². The highest BCUT2D eigenvalue weighted by atomic mass is 16.5. The summed E-state index contributed by atoms with van der Waals surface area (Å²) in [6.07, 6.45) is 0.0346. The van der Waals surface area contributed by atoms with Gasteiger partial charge < -0.3 is 15.0 Å². The second kappa shape index (κ2) is 9.06. The van der Waals surface area contributed by atoms with Crippen LogP contribution in [0.15, 0.2) is 78.9 Å². The number of nitrogens with one attached hydrogen (secondary N) is 1. The molecule has 3 rings (SSSR count). The molecule has 0 unspecified atom stereocenters. The number of carbonyl (C=O) groups is 2. The van der Waals surface area contributed by atoms with Crippen molar-refractivity contribution in [2.24, 2.45) is 0 Å². The molecule has 2 amide bonds. The van der Waals surface area contributed by atoms with Crippen molar-refractivity contribution in [1.82, 2.24) is 0 Å². The van der Waals surface area contributed by atoms with Crippen LogP contribution in [0.3, 0.4) is 0 Å². The molecule has 0 spiro atoms. The van der Waals surface area contributed by atoms with Gasteiger partial charge in [-0.3, -0.25) is 9.59 Å². The van der Waals surface area contributed by atoms with Crippen LogP contribution in [0.1, 0.15) is 34.6 Å². The molecule has 0 aromatic heterocycles. The molecule has 0 aliphatic carbocycles. The highest BCUT2D eigenvalue weighted by molar-refractivity contribution is 6.07. The number of amides is 2. The van der Waals surface area contributed by atoms with Gasteiger partial charge in [0.1, 0.15) is 5.75 Å². The summed E-state index contributed by atoms with van der Waals surface area (Å²) in [5.41, 5.74) is 2.48. The van der Waals surface area contributed by atoms with Gasteiger partial charge in [0.15, 0.2) is 0 Å². The normalized spacial score (nSPS) is 10.5. The summed E-state index contributed by atoms with van der Waals surface area (Å²) in [5.74, 6) is 0.296. The lowest BCUT2D eigenvalue weighted by molar-refractivity contribution is 0.0991. The SMILES string of the molecule is CC(C)Oc1cccc(C(=O)Nc2ccc(C(=O)N(C)c3ccccc3)cc2)c1. The smallest absolute Gasteiger partial charge is 0.258 e. The molecule has 29 heavy (non-hydrogen) atoms. The summed E-state index contributed by atoms with van der Waals surface area (Å²) in [4.78, 5) is 26.8. The maximum atomic E-state index is 12.7. The Balaban J connectivity index is 1.67. The molecule has 1 N–H and O–H groups in total. The van der Waals surface area contributed by atoms with E-state index in [9.17, 15) is 9.59 Å². The summed E-state index contributed by atoms with van der Waals surface area (Å²) in [7, 11) is 1.74. The third-order valence-electron chi connectivity index (χ3n) is 4.31. The molecule has 0 aliphatic rings. The van der Waals surface area contributed by atoms with Crippen molar-refractivity contribution in [1.29, 1.82) is 0 Å². The van der Waals surface area contributed by atoms with Gasteiger partial charge in [0.25, 0.3) is 11.8 Å². The third-order valence-corrected chi connectivity index (χ3v) is 4.31. The molecular weight excluding hydrogens is 364 g/mol. The van der Waals surface area contributed by atoms with E-state index < -0.39 is 0 Å². The number of para-hydroxylation sites is 1. The van der Waals surface area contributed by atoms with Crippen molar-refractivity contribution in [2.75, 3.05) is 17.3 Å². The van der Waals surface area contributed by atoms with E-state index in [0.717, 1.165) is 5.69 Å². The van der Waals surface area contributed by atoms with Gasteiger partial charge in [0.2, 0.25) is 0 Å². The van der Waals surface area contributed by atoms with Crippen LogP contribution in [0.5, 0.6) is 5.75 Å². The first-order chi connectivity index (χ1) is 13.9. The molecule has 3 aromatic carbocycles. The van der Waals surface area contributed by atoms with Crippen LogP contribution < -0.4 is 15.0 Å². The van der Waals surface area contributed by atoms with Crippen LogP contribution in [-0.2, 0) is 0 Å². The molecule has 0 fully saturated rings. The van der Waals surface area contributed by atoms with Gasteiger partial charge in [0.05, 0.1) is 6.10 Å². The zero-order valence-electron chi connectivity index (χ0n) is 16.8. The minimum absolute atomic E-state index is 0.0346. The Labute approximate surface area is 170 Å². The zero-order valence-corrected chi connectivity index (χ0v) is 16.8. The predicted octanol–water partition coefficient (Wildman–Crippen LogP) is 5.00. The van der Waals surface area contributed by atoms with E-state index in [0.29, 0.717) is 22.6 Å². The molecule has 5 nitrogen and oxygen atoms in total. The maximum Gasteiger partial charge on any atom is 0.258 e. The number of hydrogen-bond acceptors (Lipinski definition) is 3. The Kier molecular flexibility index (Phi) is 6.29. The highest BCUT2D eigenvalue weighted by Gasteiger charge is 2.14. The van der Waals surface area contributed by atoms with Gasteiger partial charge in [-0.05, 0) is 68.4 Å². The Hall–Kier alpha value is -3.60. The molecule has 0 aliphatic heterocycles. The van der Waals surface area contributed by atoms with Crippen LogP contribution in [0.25, 0.3) is 0 Å². The fourth-order valence-electron chi connectivity index (χ4n) is 2.84. The highest BCUT2D eigenvalue weighted by Crippen LogP contribution is 2.19. The molecule has 5 heteroatoms. The zero-order chi connectivity index (χ0) is 20.8. The van der Waals surface area contributed by atoms with Crippen molar-refractivity contribution in [2.45, 2.75) is 20.0 Å². The number of anilines is 2. The fourth-order valence-corrected chi connectivity index (χ4v) is 2.84. The molecule has 3 aromatic rings. The summed E-state index contributed by atoms with van der Waals surface area (Å²) in [6.45, 7) is 3.87. The van der Waals surface area contributed by atoms with Crippen molar-refractivity contribution in [3.63, 3.8) is 0 Å². The lowest BCUT2D eigenvalue weighted by atomic mass is 10.1. The second-order valence-corrected chi connectivity index (χ2v) is 6.93. The number of carbonyl (C=O) groups excluding carboxylic acids is 2. The molecule has 0 saturated heterocycles. The topological polar surface area (TPSA) is 58.6 Å². The standard InChI is InChI=1S/C24H24N2O3/c1-17(2)29-22-11-7-8-19(16-22)23(27)25-20-14-12-18(13-15-20)24(28)26(3)21-9-5-4-6-10-21/h4-17H,1-3H3,(H,25,27). The molecule has 0 radical (unpaired) electrons. The van der Waals surface area contributed by atoms with E-state index in [1.807, 2.05) is 50.2 Å². The Morgan fingerprint density at radius 2 is 1.55 bits per heavy atom. The number of ether oxygens (including phenoxy) is 1. The van der Waals surface area contributed by atoms with Crippen molar-refractivity contribution in [3.05, 3.63) is 90.0 Å². The van der Waals surface area contributed by atoms with Crippen molar-refractivity contribution >= 4 is 23.2 Å². The molecule has 0 atom stereocenters. The number of nitrogens with zero attached hydrogens (tertiary/aromatic N) is 1. The van der Waals surface area contributed by atoms with Gasteiger partial charge in [-0.1, -0.05) is 24.3 Å². The van der Waals surface area contributed by atoms with Gasteiger partial charge in [0, 0.05) is 29.5 Å². The van der Waals surface area contributed by atoms with E-state index in [1.165, 1.54) is 0 Å². The number of benzene rings is 3. The maximum absolute atomic E-state index is 12.7. The van der Waals surface area contributed by atoms with Gasteiger partial charge in [-0.25, -0.2) is 0 Å². The molecular formula is C24H24N2O3. The summed E-state index contributed by atoms with van der Waals surface area (Å²) in [5, 5.41) is 2.85. The summed E-state index contributed by atoms with van der Waals surface area (Å²) in [6, 6.07) is 23.3. The van der Waals surface area contributed by atoms with E-state index >= 15 is 0 Å². The first kappa shape index (κ1) is 20.1. The van der Waals surface area contributed by atoms with Crippen LogP contribution in [0.2, 0.25) is 0 Å². The number of rotatable bonds is 6. The average molecular weight is 388 g/mol. The van der Waals surface area contributed by atoms with Gasteiger partial charge in [-0.2, -0.15) is 0 Å². The third kappa shape index (κ3) is 5.23. The Morgan fingerprint density at radius 1 is 0.862 bits per heavy atom. The molecule has 148 valence electrons. The molecule has 0 bridgehead atoms. The monoisotopic (exact) mass is 388 g/mol. The van der Waals surface area contributed by atoms with Gasteiger partial charge in [-0.15, -0.1) is 0 Å². The van der Waals surface area contributed by atoms with E-state index in [-0.39, 0.29) is 17.9 Å². The van der Waals surface area contributed by atoms with Crippen LogP contribution >= 0.6 is 0 Å². The quantitative estimate of drug-likeness (QED) is 0.646. The molecule has 0 heterocycles. The van der Waals surface area contributed by atoms with E-state index in [2.05, 4.69) is 5.32 Å². The number of hydrogen-bond donors (Lipinski definition) is 1. The van der Waals surface area contributed by atoms with Crippen LogP contribution in [-0.4, -0.2) is 25.0 Å². The summed E-state index contributed by atoms with van der Waals surface area (Å²) >= 11 is 0. The molecule has 0 saturated carbocycles. The first-order valence-corrected chi connectivity index (χ1v) is 9.45. The largest absolute Gasteiger partial charge is 0.491 e. The first-order valence-electron chi connectivity index (χ1n) is 9.45. The van der Waals surface area contributed by atoms with Crippen LogP contribution in [0.4, 0.5) is 11.4 Å². The lowest BCUT2D eigenvalue weighted by Crippen LogP contribution is -2.26. The van der Waals surface area contributed by atoms with E-state index in [1.54, 1.807) is 54.4 Å². The predicted molar refractivity (Wildman–Crippen MR) is 116 cm³/mol. The Morgan fingerprint density at radius 3 is 2.21 bits per heavy atom. The van der Waals surface area contributed by atoms with E-state index in [4.69, 9.17) is 4.74 Å². The fraction of sp³-hybridized carbons (Fsp3) is 0.167. The lowest BCUT2D eigenvalue weighted by Gasteiger charge is -2.17. The minimum atomic E-state index is -0.236.